The highest BCUT2D eigenvalue weighted by Crippen LogP contribution is 2.05. The lowest BCUT2D eigenvalue weighted by Gasteiger charge is -2.19. The van der Waals surface area contributed by atoms with Crippen LogP contribution in [0.25, 0.3) is 0 Å². The number of rotatable bonds is 5. The highest BCUT2D eigenvalue weighted by molar-refractivity contribution is 4.57. The van der Waals surface area contributed by atoms with E-state index in [4.69, 9.17) is 9.47 Å². The largest absolute Gasteiger partial charge is 0.379 e. The van der Waals surface area contributed by atoms with Gasteiger partial charge in [0.15, 0.2) is 0 Å². The molecule has 0 aliphatic carbocycles. The average molecular weight is 160 g/mol. The molecule has 0 fully saturated rings. The minimum absolute atomic E-state index is 0.0322. The van der Waals surface area contributed by atoms with Gasteiger partial charge in [-0.05, 0) is 27.2 Å². The van der Waals surface area contributed by atoms with Crippen molar-refractivity contribution in [1.29, 1.82) is 0 Å². The number of ether oxygens (including phenoxy) is 2. The Hall–Kier alpha value is -0.0800. The van der Waals surface area contributed by atoms with Crippen LogP contribution in [0.1, 0.15) is 34.1 Å². The smallest absolute Gasteiger partial charge is 0.0707 e. The molecule has 0 spiro atoms. The highest BCUT2D eigenvalue weighted by Gasteiger charge is 2.08. The third-order valence-corrected chi connectivity index (χ3v) is 1.11. The van der Waals surface area contributed by atoms with Gasteiger partial charge in [-0.3, -0.25) is 0 Å². The van der Waals surface area contributed by atoms with Crippen molar-refractivity contribution in [2.45, 2.75) is 39.7 Å². The Labute approximate surface area is 69.9 Å². The van der Waals surface area contributed by atoms with E-state index in [0.29, 0.717) is 13.2 Å². The summed E-state index contributed by atoms with van der Waals surface area (Å²) in [4.78, 5) is 0. The van der Waals surface area contributed by atoms with E-state index in [2.05, 4.69) is 6.92 Å². The zero-order chi connectivity index (χ0) is 8.74. The van der Waals surface area contributed by atoms with E-state index in [1.54, 1.807) is 0 Å². The minimum Gasteiger partial charge on any atom is -0.379 e. The number of hydrogen-bond donors (Lipinski definition) is 0. The van der Waals surface area contributed by atoms with Crippen LogP contribution in [0.2, 0.25) is 0 Å². The Kier molecular flexibility index (Phi) is 5.51. The van der Waals surface area contributed by atoms with Gasteiger partial charge in [0.05, 0.1) is 18.8 Å². The third-order valence-electron chi connectivity index (χ3n) is 1.11. The van der Waals surface area contributed by atoms with Crippen LogP contribution in [-0.4, -0.2) is 25.4 Å². The van der Waals surface area contributed by atoms with Crippen molar-refractivity contribution >= 4 is 0 Å². The Morgan fingerprint density at radius 3 is 2.09 bits per heavy atom. The molecule has 0 aliphatic rings. The summed E-state index contributed by atoms with van der Waals surface area (Å²) in [5.74, 6) is 0. The van der Waals surface area contributed by atoms with Crippen LogP contribution in [0.5, 0.6) is 0 Å². The molecule has 0 rings (SSSR count). The van der Waals surface area contributed by atoms with E-state index in [1.807, 2.05) is 20.8 Å². The topological polar surface area (TPSA) is 18.5 Å². The van der Waals surface area contributed by atoms with E-state index in [9.17, 15) is 0 Å². The fourth-order valence-electron chi connectivity index (χ4n) is 0.653. The van der Waals surface area contributed by atoms with Crippen LogP contribution in [0.3, 0.4) is 0 Å². The molecule has 0 aromatic rings. The molecule has 11 heavy (non-hydrogen) atoms. The average Bonchev–Trinajstić information content (AvgIpc) is 1.85. The van der Waals surface area contributed by atoms with Crippen molar-refractivity contribution in [3.63, 3.8) is 0 Å². The molecule has 0 aliphatic heterocycles. The van der Waals surface area contributed by atoms with Gasteiger partial charge in [0, 0.05) is 6.61 Å². The third kappa shape index (κ3) is 9.92. The molecule has 0 unspecified atom stereocenters. The first-order chi connectivity index (χ1) is 5.06. The van der Waals surface area contributed by atoms with Gasteiger partial charge < -0.3 is 9.47 Å². The summed E-state index contributed by atoms with van der Waals surface area (Å²) < 4.78 is 10.7. The second-order valence-electron chi connectivity index (χ2n) is 3.57. The lowest BCUT2D eigenvalue weighted by Crippen LogP contribution is -2.21. The quantitative estimate of drug-likeness (QED) is 0.574. The van der Waals surface area contributed by atoms with Crippen LogP contribution in [-0.2, 0) is 9.47 Å². The Morgan fingerprint density at radius 1 is 1.00 bits per heavy atom. The van der Waals surface area contributed by atoms with Crippen LogP contribution < -0.4 is 0 Å². The Bertz CT molecular complexity index is 84.1. The Balaban J connectivity index is 3.02. The van der Waals surface area contributed by atoms with Crippen molar-refractivity contribution < 1.29 is 9.47 Å². The molecule has 0 radical (unpaired) electrons. The first-order valence-corrected chi connectivity index (χ1v) is 4.28. The molecule has 0 saturated carbocycles. The van der Waals surface area contributed by atoms with E-state index in [0.717, 1.165) is 13.0 Å². The van der Waals surface area contributed by atoms with Crippen molar-refractivity contribution in [1.82, 2.24) is 0 Å². The lowest BCUT2D eigenvalue weighted by atomic mass is 10.2. The molecular formula is C9H20O2. The molecular weight excluding hydrogens is 140 g/mol. The van der Waals surface area contributed by atoms with Gasteiger partial charge in [-0.1, -0.05) is 6.92 Å². The first kappa shape index (κ1) is 10.9. The normalized spacial score (nSPS) is 12.0. The molecule has 0 saturated heterocycles. The predicted molar refractivity (Wildman–Crippen MR) is 46.8 cm³/mol. The van der Waals surface area contributed by atoms with Crippen molar-refractivity contribution in [2.75, 3.05) is 19.8 Å². The van der Waals surface area contributed by atoms with Gasteiger partial charge in [-0.25, -0.2) is 0 Å². The zero-order valence-corrected chi connectivity index (χ0v) is 8.14. The summed E-state index contributed by atoms with van der Waals surface area (Å²) in [6, 6.07) is 0. The summed E-state index contributed by atoms with van der Waals surface area (Å²) in [6.45, 7) is 10.5. The number of hydrogen-bond acceptors (Lipinski definition) is 2. The van der Waals surface area contributed by atoms with Crippen LogP contribution >= 0.6 is 0 Å². The van der Waals surface area contributed by atoms with Gasteiger partial charge in [-0.15, -0.1) is 0 Å². The van der Waals surface area contributed by atoms with E-state index < -0.39 is 0 Å². The minimum atomic E-state index is -0.0322. The summed E-state index contributed by atoms with van der Waals surface area (Å²) in [6.07, 6.45) is 1.08. The van der Waals surface area contributed by atoms with Crippen LogP contribution in [0, 0.1) is 0 Å². The molecule has 68 valence electrons. The molecule has 0 atom stereocenters. The SMILES string of the molecule is CCCOCCOC(C)(C)C. The first-order valence-electron chi connectivity index (χ1n) is 4.28. The maximum absolute atomic E-state index is 5.45. The summed E-state index contributed by atoms with van der Waals surface area (Å²) in [5.41, 5.74) is -0.0322. The van der Waals surface area contributed by atoms with Gasteiger partial charge in [0.25, 0.3) is 0 Å². The second-order valence-corrected chi connectivity index (χ2v) is 3.57. The highest BCUT2D eigenvalue weighted by atomic mass is 16.5. The second kappa shape index (κ2) is 5.56. The monoisotopic (exact) mass is 160 g/mol. The van der Waals surface area contributed by atoms with Crippen LogP contribution in [0.15, 0.2) is 0 Å². The maximum Gasteiger partial charge on any atom is 0.0707 e. The maximum atomic E-state index is 5.45. The summed E-state index contributed by atoms with van der Waals surface area (Å²) in [7, 11) is 0. The van der Waals surface area contributed by atoms with Gasteiger partial charge in [-0.2, -0.15) is 0 Å². The zero-order valence-electron chi connectivity index (χ0n) is 8.14. The molecule has 2 heteroatoms. The van der Waals surface area contributed by atoms with Crippen molar-refractivity contribution in [3.8, 4) is 0 Å². The molecule has 0 amide bonds. The summed E-state index contributed by atoms with van der Waals surface area (Å²) in [5, 5.41) is 0. The van der Waals surface area contributed by atoms with E-state index >= 15 is 0 Å². The van der Waals surface area contributed by atoms with Crippen molar-refractivity contribution in [3.05, 3.63) is 0 Å². The standard InChI is InChI=1S/C9H20O2/c1-5-6-10-7-8-11-9(2,3)4/h5-8H2,1-4H3. The lowest BCUT2D eigenvalue weighted by molar-refractivity contribution is -0.0346. The van der Waals surface area contributed by atoms with E-state index in [-0.39, 0.29) is 5.60 Å². The van der Waals surface area contributed by atoms with Crippen LogP contribution in [0.4, 0.5) is 0 Å². The van der Waals surface area contributed by atoms with Crippen molar-refractivity contribution in [2.24, 2.45) is 0 Å². The Morgan fingerprint density at radius 2 is 1.64 bits per heavy atom. The van der Waals surface area contributed by atoms with Gasteiger partial charge >= 0.3 is 0 Å². The van der Waals surface area contributed by atoms with Gasteiger partial charge in [0.1, 0.15) is 0 Å². The molecule has 0 heterocycles. The molecule has 0 N–H and O–H groups in total. The summed E-state index contributed by atoms with van der Waals surface area (Å²) >= 11 is 0. The molecule has 0 bridgehead atoms. The van der Waals surface area contributed by atoms with E-state index in [1.165, 1.54) is 0 Å². The molecule has 0 aromatic carbocycles. The predicted octanol–water partition coefficient (Wildman–Crippen LogP) is 2.23. The fourth-order valence-corrected chi connectivity index (χ4v) is 0.653. The van der Waals surface area contributed by atoms with Gasteiger partial charge in [0.2, 0.25) is 0 Å². The fraction of sp³-hybridized carbons (Fsp3) is 1.00. The molecule has 0 aromatic heterocycles. The molecule has 2 nitrogen and oxygen atoms in total.